The highest BCUT2D eigenvalue weighted by atomic mass is 32.3. The smallest absolute Gasteiger partial charge is 0.394 e. The number of hydrogen-bond acceptors (Lipinski definition) is 9. The fourth-order valence-corrected chi connectivity index (χ4v) is 2.85. The zero-order valence-corrected chi connectivity index (χ0v) is 11.3. The molecule has 2 fully saturated rings. The van der Waals surface area contributed by atoms with Crippen LogP contribution in [0.5, 0.6) is 0 Å². The number of hydrogen-bond donors (Lipinski definition) is 2. The molecule has 1 spiro atoms. The Balaban J connectivity index is 2.04. The molecule has 1 atom stereocenters. The minimum Gasteiger partial charge on any atom is -0.394 e. The lowest BCUT2D eigenvalue weighted by Gasteiger charge is -2.47. The van der Waals surface area contributed by atoms with Crippen LogP contribution in [0.3, 0.4) is 0 Å². The summed E-state index contributed by atoms with van der Waals surface area (Å²) in [6.07, 6.45) is -0.909. The van der Waals surface area contributed by atoms with Gasteiger partial charge in [-0.3, -0.25) is 9.47 Å². The molecule has 2 saturated heterocycles. The van der Waals surface area contributed by atoms with Gasteiger partial charge in [0.05, 0.1) is 19.8 Å². The van der Waals surface area contributed by atoms with Gasteiger partial charge in [0.2, 0.25) is 0 Å². The predicted octanol–water partition coefficient (Wildman–Crippen LogP) is -1.34. The first-order valence-electron chi connectivity index (χ1n) is 5.67. The third-order valence-corrected chi connectivity index (χ3v) is 3.61. The molecular weight excluding hydrogens is 284 g/mol. The SMILES string of the molecule is CC(C)C1(O)OS(=O)(=O)OC12OC(COCCO)O2. The Bertz CT molecular complexity index is 427. The van der Waals surface area contributed by atoms with Crippen molar-refractivity contribution in [2.75, 3.05) is 19.8 Å². The van der Waals surface area contributed by atoms with Crippen molar-refractivity contribution in [2.45, 2.75) is 31.9 Å². The summed E-state index contributed by atoms with van der Waals surface area (Å²) in [4.78, 5) is 0. The van der Waals surface area contributed by atoms with Crippen LogP contribution in [0.15, 0.2) is 0 Å². The summed E-state index contributed by atoms with van der Waals surface area (Å²) in [6.45, 7) is 2.92. The minimum atomic E-state index is -4.40. The number of aliphatic hydroxyl groups excluding tert-OH is 1. The maximum atomic E-state index is 11.3. The summed E-state index contributed by atoms with van der Waals surface area (Å²) in [5.41, 5.74) is 0. The Kier molecular flexibility index (Phi) is 3.88. The molecular formula is C9H16O9S. The zero-order chi connectivity index (χ0) is 14.3. The summed E-state index contributed by atoms with van der Waals surface area (Å²) < 4.78 is 46.9. The van der Waals surface area contributed by atoms with Crippen LogP contribution >= 0.6 is 0 Å². The molecule has 2 aliphatic rings. The second kappa shape index (κ2) is 4.90. The Morgan fingerprint density at radius 1 is 1.32 bits per heavy atom. The molecule has 0 aromatic carbocycles. The van der Waals surface area contributed by atoms with Crippen molar-refractivity contribution in [3.63, 3.8) is 0 Å². The molecule has 0 saturated carbocycles. The van der Waals surface area contributed by atoms with Crippen LogP contribution in [0.4, 0.5) is 0 Å². The Morgan fingerprint density at radius 3 is 2.47 bits per heavy atom. The summed E-state index contributed by atoms with van der Waals surface area (Å²) >= 11 is 0. The van der Waals surface area contributed by atoms with E-state index in [1.807, 2.05) is 0 Å². The van der Waals surface area contributed by atoms with Crippen molar-refractivity contribution in [1.82, 2.24) is 0 Å². The second-order valence-corrected chi connectivity index (χ2v) is 5.60. The third-order valence-electron chi connectivity index (χ3n) is 2.72. The van der Waals surface area contributed by atoms with Crippen molar-refractivity contribution >= 4 is 10.4 Å². The van der Waals surface area contributed by atoms with Crippen LogP contribution in [-0.4, -0.2) is 56.5 Å². The molecule has 19 heavy (non-hydrogen) atoms. The van der Waals surface area contributed by atoms with E-state index in [4.69, 9.17) is 19.3 Å². The van der Waals surface area contributed by atoms with E-state index < -0.39 is 34.4 Å². The lowest BCUT2D eigenvalue weighted by molar-refractivity contribution is -0.573. The molecule has 9 nitrogen and oxygen atoms in total. The third kappa shape index (κ3) is 2.50. The van der Waals surface area contributed by atoms with Gasteiger partial charge >= 0.3 is 16.4 Å². The first kappa shape index (κ1) is 15.1. The van der Waals surface area contributed by atoms with Crippen molar-refractivity contribution < 1.29 is 41.2 Å². The molecule has 0 aromatic heterocycles. The largest absolute Gasteiger partial charge is 0.407 e. The molecule has 0 amide bonds. The first-order valence-corrected chi connectivity index (χ1v) is 7.01. The maximum absolute atomic E-state index is 11.3. The van der Waals surface area contributed by atoms with E-state index in [0.29, 0.717) is 0 Å². The van der Waals surface area contributed by atoms with Gasteiger partial charge < -0.3 is 14.9 Å². The molecule has 1 unspecified atom stereocenters. The number of ether oxygens (including phenoxy) is 3. The van der Waals surface area contributed by atoms with Crippen molar-refractivity contribution in [1.29, 1.82) is 0 Å². The van der Waals surface area contributed by atoms with Gasteiger partial charge in [-0.15, -0.1) is 0 Å². The van der Waals surface area contributed by atoms with Crippen LogP contribution in [0.2, 0.25) is 0 Å². The lowest BCUT2D eigenvalue weighted by Crippen LogP contribution is -2.68. The van der Waals surface area contributed by atoms with Gasteiger partial charge in [0, 0.05) is 5.92 Å². The highest BCUT2D eigenvalue weighted by molar-refractivity contribution is 7.82. The van der Waals surface area contributed by atoms with Gasteiger partial charge in [-0.2, -0.15) is 12.6 Å². The minimum absolute atomic E-state index is 0.0418. The normalized spacial score (nSPS) is 40.8. The average Bonchev–Trinajstić information content (AvgIpc) is 2.46. The van der Waals surface area contributed by atoms with E-state index in [1.54, 1.807) is 0 Å². The van der Waals surface area contributed by atoms with E-state index in [2.05, 4.69) is 8.37 Å². The summed E-state index contributed by atoms with van der Waals surface area (Å²) in [5, 5.41) is 18.7. The van der Waals surface area contributed by atoms with Crippen LogP contribution in [0.25, 0.3) is 0 Å². The molecule has 2 rings (SSSR count). The summed E-state index contributed by atoms with van der Waals surface area (Å²) in [6, 6.07) is 0. The van der Waals surface area contributed by atoms with E-state index >= 15 is 0 Å². The molecule has 0 aliphatic carbocycles. The quantitative estimate of drug-likeness (QED) is 0.594. The highest BCUT2D eigenvalue weighted by Gasteiger charge is 2.74. The Morgan fingerprint density at radius 2 is 1.95 bits per heavy atom. The topological polar surface area (TPSA) is 121 Å². The fourth-order valence-electron chi connectivity index (χ4n) is 1.74. The molecule has 0 radical (unpaired) electrons. The Labute approximate surface area is 110 Å². The van der Waals surface area contributed by atoms with Crippen LogP contribution in [0, 0.1) is 5.92 Å². The van der Waals surface area contributed by atoms with Crippen LogP contribution in [0.1, 0.15) is 13.8 Å². The number of aliphatic hydroxyl groups is 2. The van der Waals surface area contributed by atoms with Gasteiger partial charge in [0.1, 0.15) is 0 Å². The van der Waals surface area contributed by atoms with Crippen LogP contribution in [-0.2, 0) is 33.0 Å². The van der Waals surface area contributed by atoms with Gasteiger partial charge in [-0.25, -0.2) is 4.18 Å². The van der Waals surface area contributed by atoms with E-state index in [1.165, 1.54) is 13.8 Å². The molecule has 2 heterocycles. The van der Waals surface area contributed by atoms with E-state index in [9.17, 15) is 13.5 Å². The van der Waals surface area contributed by atoms with Gasteiger partial charge in [0.25, 0.3) is 5.79 Å². The zero-order valence-electron chi connectivity index (χ0n) is 10.4. The highest BCUT2D eigenvalue weighted by Crippen LogP contribution is 2.50. The van der Waals surface area contributed by atoms with Crippen molar-refractivity contribution in [3.8, 4) is 0 Å². The number of rotatable bonds is 5. The fraction of sp³-hybridized carbons (Fsp3) is 1.00. The standard InChI is InChI=1S/C9H16O9S/c1-6(2)8(11)9(18-19(12,13)17-8)15-7(16-9)5-14-4-3-10/h6-7,10-11H,3-5H2,1-2H3. The molecule has 0 bridgehead atoms. The Hall–Kier alpha value is -0.330. The van der Waals surface area contributed by atoms with Crippen molar-refractivity contribution in [3.05, 3.63) is 0 Å². The monoisotopic (exact) mass is 300 g/mol. The first-order chi connectivity index (χ1) is 8.75. The van der Waals surface area contributed by atoms with Crippen molar-refractivity contribution in [2.24, 2.45) is 5.92 Å². The predicted molar refractivity (Wildman–Crippen MR) is 57.5 cm³/mol. The average molecular weight is 300 g/mol. The molecule has 2 aliphatic heterocycles. The molecule has 2 N–H and O–H groups in total. The van der Waals surface area contributed by atoms with Gasteiger partial charge in [-0.1, -0.05) is 13.8 Å². The van der Waals surface area contributed by atoms with Gasteiger partial charge in [0.15, 0.2) is 6.29 Å². The van der Waals surface area contributed by atoms with E-state index in [0.717, 1.165) is 0 Å². The second-order valence-electron chi connectivity index (χ2n) is 4.45. The molecule has 112 valence electrons. The summed E-state index contributed by atoms with van der Waals surface area (Å²) in [5.74, 6) is -5.13. The molecule has 10 heteroatoms. The van der Waals surface area contributed by atoms with Gasteiger partial charge in [-0.05, 0) is 0 Å². The molecule has 0 aromatic rings. The van der Waals surface area contributed by atoms with E-state index in [-0.39, 0.29) is 19.8 Å². The van der Waals surface area contributed by atoms with Crippen LogP contribution < -0.4 is 0 Å². The summed E-state index contributed by atoms with van der Waals surface area (Å²) in [7, 11) is -4.40. The lowest BCUT2D eigenvalue weighted by atomic mass is 10.00. The maximum Gasteiger partial charge on any atom is 0.407 e.